The van der Waals surface area contributed by atoms with Gasteiger partial charge in [0, 0.05) is 13.0 Å². The molecule has 1 aromatic rings. The van der Waals surface area contributed by atoms with Crippen molar-refractivity contribution in [2.24, 2.45) is 5.92 Å². The van der Waals surface area contributed by atoms with Crippen molar-refractivity contribution in [2.75, 3.05) is 20.2 Å². The summed E-state index contributed by atoms with van der Waals surface area (Å²) in [6.45, 7) is 2.13. The first-order chi connectivity index (χ1) is 9.13. The molecule has 0 saturated heterocycles. The standard InChI is InChI=1S/C15H19NO3/c1-3-19-14(17)10-16(2)15(18)13-9-12(13)11-7-5-4-6-8-11/h4-8,12-13H,3,9-10H2,1-2H3. The Morgan fingerprint density at radius 2 is 2.00 bits per heavy atom. The Balaban J connectivity index is 1.87. The van der Waals surface area contributed by atoms with Crippen LogP contribution in [0.25, 0.3) is 0 Å². The third-order valence-electron chi connectivity index (χ3n) is 3.38. The van der Waals surface area contributed by atoms with Gasteiger partial charge in [0.1, 0.15) is 6.54 Å². The molecule has 0 bridgehead atoms. The third-order valence-corrected chi connectivity index (χ3v) is 3.38. The van der Waals surface area contributed by atoms with Crippen LogP contribution < -0.4 is 0 Å². The monoisotopic (exact) mass is 261 g/mol. The number of hydrogen-bond acceptors (Lipinski definition) is 3. The van der Waals surface area contributed by atoms with Crippen molar-refractivity contribution >= 4 is 11.9 Å². The highest BCUT2D eigenvalue weighted by Crippen LogP contribution is 2.48. The first kappa shape index (κ1) is 13.6. The predicted octanol–water partition coefficient (Wildman–Crippen LogP) is 1.81. The van der Waals surface area contributed by atoms with E-state index in [1.165, 1.54) is 10.5 Å². The fourth-order valence-corrected chi connectivity index (χ4v) is 2.30. The van der Waals surface area contributed by atoms with Crippen LogP contribution in [0.2, 0.25) is 0 Å². The van der Waals surface area contributed by atoms with Gasteiger partial charge in [-0.15, -0.1) is 0 Å². The summed E-state index contributed by atoms with van der Waals surface area (Å²) in [5.41, 5.74) is 1.20. The van der Waals surface area contributed by atoms with Crippen molar-refractivity contribution in [1.29, 1.82) is 0 Å². The summed E-state index contributed by atoms with van der Waals surface area (Å²) < 4.78 is 4.84. The quantitative estimate of drug-likeness (QED) is 0.759. The molecular formula is C15H19NO3. The highest BCUT2D eigenvalue weighted by Gasteiger charge is 2.45. The Hall–Kier alpha value is -1.84. The molecule has 1 saturated carbocycles. The van der Waals surface area contributed by atoms with Crippen LogP contribution in [0, 0.1) is 5.92 Å². The zero-order chi connectivity index (χ0) is 13.8. The van der Waals surface area contributed by atoms with Crippen LogP contribution in [-0.4, -0.2) is 37.0 Å². The van der Waals surface area contributed by atoms with E-state index in [2.05, 4.69) is 0 Å². The van der Waals surface area contributed by atoms with Gasteiger partial charge in [0.2, 0.25) is 5.91 Å². The highest BCUT2D eigenvalue weighted by atomic mass is 16.5. The minimum Gasteiger partial charge on any atom is -0.465 e. The molecule has 1 fully saturated rings. The maximum atomic E-state index is 12.1. The van der Waals surface area contributed by atoms with Gasteiger partial charge in [0.25, 0.3) is 0 Å². The molecule has 0 aromatic heterocycles. The normalized spacial score (nSPS) is 20.7. The van der Waals surface area contributed by atoms with Gasteiger partial charge in [0.15, 0.2) is 0 Å². The van der Waals surface area contributed by atoms with Gasteiger partial charge in [-0.2, -0.15) is 0 Å². The molecule has 2 unspecified atom stereocenters. The van der Waals surface area contributed by atoms with E-state index in [9.17, 15) is 9.59 Å². The molecule has 0 aliphatic heterocycles. The fourth-order valence-electron chi connectivity index (χ4n) is 2.30. The number of esters is 1. The molecule has 19 heavy (non-hydrogen) atoms. The van der Waals surface area contributed by atoms with Crippen LogP contribution in [0.15, 0.2) is 30.3 Å². The second-order valence-electron chi connectivity index (χ2n) is 4.86. The summed E-state index contributed by atoms with van der Waals surface area (Å²) in [5.74, 6) is -0.00246. The minimum atomic E-state index is -0.352. The summed E-state index contributed by atoms with van der Waals surface area (Å²) in [6, 6.07) is 10.0. The lowest BCUT2D eigenvalue weighted by Crippen LogP contribution is -2.34. The lowest BCUT2D eigenvalue weighted by molar-refractivity contribution is -0.148. The molecule has 0 N–H and O–H groups in total. The van der Waals surface area contributed by atoms with Crippen LogP contribution in [-0.2, 0) is 14.3 Å². The van der Waals surface area contributed by atoms with Crippen molar-refractivity contribution in [1.82, 2.24) is 4.90 Å². The number of carbonyl (C=O) groups is 2. The van der Waals surface area contributed by atoms with Gasteiger partial charge in [0.05, 0.1) is 6.61 Å². The van der Waals surface area contributed by atoms with E-state index >= 15 is 0 Å². The smallest absolute Gasteiger partial charge is 0.325 e. The van der Waals surface area contributed by atoms with Crippen molar-refractivity contribution in [3.05, 3.63) is 35.9 Å². The van der Waals surface area contributed by atoms with Crippen molar-refractivity contribution in [2.45, 2.75) is 19.3 Å². The second-order valence-corrected chi connectivity index (χ2v) is 4.86. The van der Waals surface area contributed by atoms with Crippen molar-refractivity contribution < 1.29 is 14.3 Å². The summed E-state index contributed by atoms with van der Waals surface area (Å²) in [6.07, 6.45) is 0.871. The topological polar surface area (TPSA) is 46.6 Å². The Morgan fingerprint density at radius 3 is 2.63 bits per heavy atom. The van der Waals surface area contributed by atoms with E-state index in [1.54, 1.807) is 14.0 Å². The van der Waals surface area contributed by atoms with Crippen LogP contribution in [0.1, 0.15) is 24.8 Å². The molecule has 0 spiro atoms. The molecule has 2 rings (SSSR count). The van der Waals surface area contributed by atoms with Gasteiger partial charge in [-0.05, 0) is 24.8 Å². The number of rotatable bonds is 5. The van der Waals surface area contributed by atoms with Gasteiger partial charge < -0.3 is 9.64 Å². The van der Waals surface area contributed by atoms with Crippen LogP contribution >= 0.6 is 0 Å². The molecule has 0 heterocycles. The van der Waals surface area contributed by atoms with Crippen molar-refractivity contribution in [3.8, 4) is 0 Å². The molecule has 4 nitrogen and oxygen atoms in total. The Labute approximate surface area is 113 Å². The first-order valence-electron chi connectivity index (χ1n) is 6.59. The number of ether oxygens (including phenoxy) is 1. The molecule has 102 valence electrons. The minimum absolute atomic E-state index is 0.0156. The lowest BCUT2D eigenvalue weighted by Gasteiger charge is -2.16. The molecular weight excluding hydrogens is 242 g/mol. The van der Waals surface area contributed by atoms with E-state index in [0.29, 0.717) is 12.5 Å². The van der Waals surface area contributed by atoms with E-state index in [-0.39, 0.29) is 24.3 Å². The number of likely N-dealkylation sites (N-methyl/N-ethyl adjacent to an activating group) is 1. The zero-order valence-corrected chi connectivity index (χ0v) is 11.3. The maximum Gasteiger partial charge on any atom is 0.325 e. The largest absolute Gasteiger partial charge is 0.465 e. The van der Waals surface area contributed by atoms with E-state index in [1.807, 2.05) is 30.3 Å². The van der Waals surface area contributed by atoms with Gasteiger partial charge >= 0.3 is 5.97 Å². The summed E-state index contributed by atoms with van der Waals surface area (Å²) in [5, 5.41) is 0. The summed E-state index contributed by atoms with van der Waals surface area (Å²) >= 11 is 0. The van der Waals surface area contributed by atoms with Crippen LogP contribution in [0.5, 0.6) is 0 Å². The lowest BCUT2D eigenvalue weighted by atomic mass is 10.1. The number of benzene rings is 1. The highest BCUT2D eigenvalue weighted by molar-refractivity contribution is 5.86. The Kier molecular flexibility index (Phi) is 4.20. The molecule has 1 aliphatic rings. The zero-order valence-electron chi connectivity index (χ0n) is 11.3. The average Bonchev–Trinajstić information content (AvgIpc) is 3.19. The number of hydrogen-bond donors (Lipinski definition) is 0. The van der Waals surface area contributed by atoms with Crippen molar-refractivity contribution in [3.63, 3.8) is 0 Å². The van der Waals surface area contributed by atoms with Gasteiger partial charge in [-0.1, -0.05) is 30.3 Å². The first-order valence-corrected chi connectivity index (χ1v) is 6.59. The summed E-state index contributed by atoms with van der Waals surface area (Å²) in [7, 11) is 1.65. The van der Waals surface area contributed by atoms with E-state index in [0.717, 1.165) is 6.42 Å². The molecule has 1 aromatic carbocycles. The molecule has 1 aliphatic carbocycles. The Bertz CT molecular complexity index is 458. The van der Waals surface area contributed by atoms with Crippen LogP contribution in [0.3, 0.4) is 0 Å². The SMILES string of the molecule is CCOC(=O)CN(C)C(=O)C1CC1c1ccccc1. The average molecular weight is 261 g/mol. The van der Waals surface area contributed by atoms with Crippen LogP contribution in [0.4, 0.5) is 0 Å². The summed E-state index contributed by atoms with van der Waals surface area (Å²) in [4.78, 5) is 24.9. The second kappa shape index (κ2) is 5.87. The van der Waals surface area contributed by atoms with Gasteiger partial charge in [-0.3, -0.25) is 9.59 Å². The third kappa shape index (κ3) is 3.34. The number of amides is 1. The number of carbonyl (C=O) groups excluding carboxylic acids is 2. The van der Waals surface area contributed by atoms with E-state index in [4.69, 9.17) is 4.74 Å². The molecule has 2 atom stereocenters. The maximum absolute atomic E-state index is 12.1. The molecule has 4 heteroatoms. The predicted molar refractivity (Wildman–Crippen MR) is 71.6 cm³/mol. The number of nitrogens with zero attached hydrogens (tertiary/aromatic N) is 1. The molecule has 1 amide bonds. The molecule has 0 radical (unpaired) electrons. The Morgan fingerprint density at radius 1 is 1.32 bits per heavy atom. The van der Waals surface area contributed by atoms with E-state index < -0.39 is 0 Å². The fraction of sp³-hybridized carbons (Fsp3) is 0.467. The van der Waals surface area contributed by atoms with Gasteiger partial charge in [-0.25, -0.2) is 0 Å².